The van der Waals surface area contributed by atoms with E-state index in [0.29, 0.717) is 0 Å². The number of hydrogen-bond acceptors (Lipinski definition) is 5. The van der Waals surface area contributed by atoms with E-state index in [1.807, 2.05) is 6.08 Å². The lowest BCUT2D eigenvalue weighted by molar-refractivity contribution is -0.0703. The van der Waals surface area contributed by atoms with Crippen molar-refractivity contribution in [2.45, 2.75) is 76.3 Å². The van der Waals surface area contributed by atoms with Gasteiger partial charge < -0.3 is 24.8 Å². The number of aliphatic hydroxyl groups excluding tert-OH is 3. The van der Waals surface area contributed by atoms with E-state index < -0.39 is 24.4 Å². The van der Waals surface area contributed by atoms with Crippen LogP contribution in [0.3, 0.4) is 0 Å². The molecule has 0 spiro atoms. The zero-order valence-corrected chi connectivity index (χ0v) is 13.0. The van der Waals surface area contributed by atoms with Crippen molar-refractivity contribution in [3.05, 3.63) is 12.3 Å². The van der Waals surface area contributed by atoms with E-state index in [9.17, 15) is 15.3 Å². The summed E-state index contributed by atoms with van der Waals surface area (Å²) in [5, 5.41) is 28.7. The van der Waals surface area contributed by atoms with Gasteiger partial charge in [0, 0.05) is 0 Å². The maximum absolute atomic E-state index is 9.81. The van der Waals surface area contributed by atoms with Crippen LogP contribution in [0.4, 0.5) is 0 Å². The van der Waals surface area contributed by atoms with Crippen molar-refractivity contribution in [2.24, 2.45) is 0 Å². The fraction of sp³-hybridized carbons (Fsp3) is 0.875. The summed E-state index contributed by atoms with van der Waals surface area (Å²) < 4.78 is 10.4. The van der Waals surface area contributed by atoms with Crippen molar-refractivity contribution in [1.82, 2.24) is 0 Å². The third kappa shape index (κ3) is 7.27. The standard InChI is InChI=1S/C16H30O5/c1-2-3-4-5-6-7-8-9-10-20-11-14(18)16-15(19)13(17)12-21-16/h9-10,13-19H,2-8,11-12H2,1H3/b10-9+/t13-,14+,15+,16+/m1/s1. The third-order valence-electron chi connectivity index (χ3n) is 3.75. The van der Waals surface area contributed by atoms with Crippen LogP contribution in [0.5, 0.6) is 0 Å². The highest BCUT2D eigenvalue weighted by molar-refractivity contribution is 4.88. The molecule has 5 nitrogen and oxygen atoms in total. The predicted octanol–water partition coefficient (Wildman–Crippen LogP) is 1.75. The Morgan fingerprint density at radius 1 is 1.19 bits per heavy atom. The molecule has 124 valence electrons. The van der Waals surface area contributed by atoms with Gasteiger partial charge in [0.1, 0.15) is 31.0 Å². The molecule has 0 saturated carbocycles. The largest absolute Gasteiger partial charge is 0.499 e. The van der Waals surface area contributed by atoms with Crippen LogP contribution in [0.15, 0.2) is 12.3 Å². The number of allylic oxidation sites excluding steroid dienone is 1. The van der Waals surface area contributed by atoms with E-state index >= 15 is 0 Å². The molecule has 21 heavy (non-hydrogen) atoms. The van der Waals surface area contributed by atoms with Crippen LogP contribution in [0.1, 0.15) is 51.9 Å². The Hall–Kier alpha value is -0.620. The number of hydrogen-bond donors (Lipinski definition) is 3. The Labute approximate surface area is 127 Å². The smallest absolute Gasteiger partial charge is 0.117 e. The van der Waals surface area contributed by atoms with Crippen molar-refractivity contribution in [1.29, 1.82) is 0 Å². The average Bonchev–Trinajstić information content (AvgIpc) is 2.81. The fourth-order valence-electron chi connectivity index (χ4n) is 2.39. The minimum atomic E-state index is -1.05. The van der Waals surface area contributed by atoms with Gasteiger partial charge in [-0.25, -0.2) is 0 Å². The van der Waals surface area contributed by atoms with Gasteiger partial charge in [-0.1, -0.05) is 39.0 Å². The fourth-order valence-corrected chi connectivity index (χ4v) is 2.39. The molecule has 4 atom stereocenters. The number of aliphatic hydroxyl groups is 3. The number of ether oxygens (including phenoxy) is 2. The lowest BCUT2D eigenvalue weighted by atomic mass is 10.1. The Balaban J connectivity index is 1.99. The molecule has 0 unspecified atom stereocenters. The van der Waals surface area contributed by atoms with E-state index in [1.165, 1.54) is 32.1 Å². The molecule has 0 aromatic heterocycles. The summed E-state index contributed by atoms with van der Waals surface area (Å²) in [5.74, 6) is 0. The molecule has 1 fully saturated rings. The van der Waals surface area contributed by atoms with Gasteiger partial charge in [-0.2, -0.15) is 0 Å². The Morgan fingerprint density at radius 2 is 1.90 bits per heavy atom. The molecule has 0 aliphatic carbocycles. The molecule has 5 heteroatoms. The highest BCUT2D eigenvalue weighted by Gasteiger charge is 2.39. The summed E-state index contributed by atoms with van der Waals surface area (Å²) >= 11 is 0. The molecule has 3 N–H and O–H groups in total. The maximum Gasteiger partial charge on any atom is 0.117 e. The number of rotatable bonds is 11. The SMILES string of the molecule is CCCCCCCC/C=C/OC[C@H](O)[C@@H]1OC[C@@H](O)[C@@H]1O. The molecule has 1 saturated heterocycles. The molecule has 1 rings (SSSR count). The molecule has 0 aromatic carbocycles. The first-order chi connectivity index (χ1) is 10.2. The van der Waals surface area contributed by atoms with Crippen LogP contribution in [0.2, 0.25) is 0 Å². The first kappa shape index (κ1) is 18.4. The summed E-state index contributed by atoms with van der Waals surface area (Å²) in [6.45, 7) is 2.32. The first-order valence-corrected chi connectivity index (χ1v) is 8.09. The van der Waals surface area contributed by atoms with Crippen LogP contribution in [0, 0.1) is 0 Å². The Morgan fingerprint density at radius 3 is 2.57 bits per heavy atom. The summed E-state index contributed by atoms with van der Waals surface area (Å²) in [5.41, 5.74) is 0. The topological polar surface area (TPSA) is 79.2 Å². The second-order valence-corrected chi connectivity index (χ2v) is 5.68. The molecule has 1 heterocycles. The van der Waals surface area contributed by atoms with Crippen molar-refractivity contribution >= 4 is 0 Å². The summed E-state index contributed by atoms with van der Waals surface area (Å²) in [7, 11) is 0. The third-order valence-corrected chi connectivity index (χ3v) is 3.75. The van der Waals surface area contributed by atoms with Gasteiger partial charge in [-0.05, 0) is 18.9 Å². The van der Waals surface area contributed by atoms with Crippen molar-refractivity contribution in [3.8, 4) is 0 Å². The Bertz CT molecular complexity index is 282. The molecule has 1 aliphatic heterocycles. The normalized spacial score (nSPS) is 27.3. The second-order valence-electron chi connectivity index (χ2n) is 5.68. The molecule has 1 aliphatic rings. The van der Waals surface area contributed by atoms with E-state index in [0.717, 1.165) is 12.8 Å². The minimum Gasteiger partial charge on any atom is -0.499 e. The zero-order valence-electron chi connectivity index (χ0n) is 13.0. The van der Waals surface area contributed by atoms with E-state index in [2.05, 4.69) is 6.92 Å². The van der Waals surface area contributed by atoms with Gasteiger partial charge in [0.25, 0.3) is 0 Å². The highest BCUT2D eigenvalue weighted by atomic mass is 16.5. The van der Waals surface area contributed by atoms with Gasteiger partial charge >= 0.3 is 0 Å². The Kier molecular flexibility index (Phi) is 9.67. The summed E-state index contributed by atoms with van der Waals surface area (Å²) in [6.07, 6.45) is 8.44. The van der Waals surface area contributed by atoms with Crippen LogP contribution in [-0.4, -0.2) is 52.9 Å². The average molecular weight is 302 g/mol. The lowest BCUT2D eigenvalue weighted by Gasteiger charge is -2.20. The van der Waals surface area contributed by atoms with E-state index in [1.54, 1.807) is 6.26 Å². The van der Waals surface area contributed by atoms with Gasteiger partial charge in [0.15, 0.2) is 0 Å². The van der Waals surface area contributed by atoms with Gasteiger partial charge in [-0.15, -0.1) is 0 Å². The summed E-state index contributed by atoms with van der Waals surface area (Å²) in [4.78, 5) is 0. The van der Waals surface area contributed by atoms with Crippen LogP contribution >= 0.6 is 0 Å². The molecular formula is C16H30O5. The van der Waals surface area contributed by atoms with Crippen LogP contribution in [-0.2, 0) is 9.47 Å². The van der Waals surface area contributed by atoms with Gasteiger partial charge in [0.2, 0.25) is 0 Å². The number of unbranched alkanes of at least 4 members (excludes halogenated alkanes) is 6. The van der Waals surface area contributed by atoms with Gasteiger partial charge in [-0.3, -0.25) is 0 Å². The highest BCUT2D eigenvalue weighted by Crippen LogP contribution is 2.17. The lowest BCUT2D eigenvalue weighted by Crippen LogP contribution is -2.40. The zero-order chi connectivity index (χ0) is 15.5. The minimum absolute atomic E-state index is 0.0523. The van der Waals surface area contributed by atoms with E-state index in [-0.39, 0.29) is 13.2 Å². The van der Waals surface area contributed by atoms with Crippen molar-refractivity contribution in [2.75, 3.05) is 13.2 Å². The summed E-state index contributed by atoms with van der Waals surface area (Å²) in [6, 6.07) is 0. The van der Waals surface area contributed by atoms with Gasteiger partial charge in [0.05, 0.1) is 12.9 Å². The second kappa shape index (κ2) is 11.0. The quantitative estimate of drug-likeness (QED) is 0.400. The predicted molar refractivity (Wildman–Crippen MR) is 80.8 cm³/mol. The van der Waals surface area contributed by atoms with Crippen molar-refractivity contribution in [3.63, 3.8) is 0 Å². The van der Waals surface area contributed by atoms with Crippen LogP contribution in [0.25, 0.3) is 0 Å². The molecule has 0 bridgehead atoms. The molecular weight excluding hydrogens is 272 g/mol. The van der Waals surface area contributed by atoms with Crippen LogP contribution < -0.4 is 0 Å². The molecule has 0 aromatic rings. The molecule has 0 radical (unpaired) electrons. The van der Waals surface area contributed by atoms with E-state index in [4.69, 9.17) is 9.47 Å². The van der Waals surface area contributed by atoms with Crippen molar-refractivity contribution < 1.29 is 24.8 Å². The molecule has 0 amide bonds. The maximum atomic E-state index is 9.81. The first-order valence-electron chi connectivity index (χ1n) is 8.09. The monoisotopic (exact) mass is 302 g/mol.